The molecule has 0 unspecified atom stereocenters. The van der Waals surface area contributed by atoms with Gasteiger partial charge in [-0.25, -0.2) is 0 Å². The summed E-state index contributed by atoms with van der Waals surface area (Å²) in [6, 6.07) is 8.06. The highest BCUT2D eigenvalue weighted by atomic mass is 16.5. The topological polar surface area (TPSA) is 74.4 Å². The van der Waals surface area contributed by atoms with Gasteiger partial charge in [-0.3, -0.25) is 10.3 Å². The number of benzene rings is 1. The molecule has 0 saturated carbocycles. The summed E-state index contributed by atoms with van der Waals surface area (Å²) in [5.41, 5.74) is 7.43. The van der Waals surface area contributed by atoms with Gasteiger partial charge in [0.25, 0.3) is 0 Å². The summed E-state index contributed by atoms with van der Waals surface area (Å²) in [5.74, 6) is -0.0314. The minimum atomic E-state index is -0.0314. The highest BCUT2D eigenvalue weighted by molar-refractivity contribution is 5.89. The van der Waals surface area contributed by atoms with Crippen LogP contribution in [0.4, 0.5) is 5.69 Å². The maximum absolute atomic E-state index is 7.15. The van der Waals surface area contributed by atoms with Gasteiger partial charge < -0.3 is 15.8 Å². The molecular weight excluding hydrogens is 228 g/mol. The van der Waals surface area contributed by atoms with Crippen LogP contribution in [0.15, 0.2) is 24.3 Å². The van der Waals surface area contributed by atoms with Crippen LogP contribution < -0.4 is 11.1 Å². The Hall–Kier alpha value is -1.59. The summed E-state index contributed by atoms with van der Waals surface area (Å²) in [5, 5.41) is 9.92. The van der Waals surface area contributed by atoms with Gasteiger partial charge in [-0.15, -0.1) is 0 Å². The zero-order chi connectivity index (χ0) is 12.8. The molecule has 1 aromatic rings. The Bertz CT molecular complexity index is 384. The molecule has 98 valence electrons. The Kier molecular flexibility index (Phi) is 4.55. The molecular formula is C13H20N4O. The van der Waals surface area contributed by atoms with Crippen LogP contribution in [-0.2, 0) is 11.2 Å². The predicted octanol–water partition coefficient (Wildman–Crippen LogP) is 0.867. The molecule has 0 spiro atoms. The Morgan fingerprint density at radius 3 is 2.56 bits per heavy atom. The van der Waals surface area contributed by atoms with Gasteiger partial charge in [-0.05, 0) is 24.1 Å². The molecule has 0 aromatic heterocycles. The lowest BCUT2D eigenvalue weighted by Gasteiger charge is -2.26. The van der Waals surface area contributed by atoms with Crippen LogP contribution in [0.25, 0.3) is 0 Å². The molecule has 0 amide bonds. The number of nitrogens with zero attached hydrogens (tertiary/aromatic N) is 1. The molecule has 0 atom stereocenters. The molecule has 0 radical (unpaired) electrons. The molecule has 1 aliphatic heterocycles. The molecule has 18 heavy (non-hydrogen) atoms. The summed E-state index contributed by atoms with van der Waals surface area (Å²) in [6.45, 7) is 4.83. The molecule has 1 fully saturated rings. The summed E-state index contributed by atoms with van der Waals surface area (Å²) in [4.78, 5) is 2.42. The van der Waals surface area contributed by atoms with Crippen molar-refractivity contribution in [2.45, 2.75) is 6.42 Å². The van der Waals surface area contributed by atoms with Gasteiger partial charge in [0.05, 0.1) is 13.2 Å². The number of rotatable bonds is 4. The Labute approximate surface area is 107 Å². The van der Waals surface area contributed by atoms with Gasteiger partial charge >= 0.3 is 0 Å². The number of nitrogens with two attached hydrogens (primary N) is 1. The highest BCUT2D eigenvalue weighted by Crippen LogP contribution is 2.10. The lowest BCUT2D eigenvalue weighted by Crippen LogP contribution is -2.37. The number of hydrogen-bond acceptors (Lipinski definition) is 3. The standard InChI is InChI=1S/C13H20N4O/c14-13(15)16-12-3-1-11(2-4-12)5-6-17-7-9-18-10-8-17/h1-4H,5-10H2,(H4,14,15,16). The quantitative estimate of drug-likeness (QED) is 0.546. The van der Waals surface area contributed by atoms with Gasteiger partial charge in [0.1, 0.15) is 0 Å². The Morgan fingerprint density at radius 2 is 1.94 bits per heavy atom. The maximum atomic E-state index is 7.15. The zero-order valence-corrected chi connectivity index (χ0v) is 10.5. The molecule has 0 aliphatic carbocycles. The zero-order valence-electron chi connectivity index (χ0n) is 10.5. The highest BCUT2D eigenvalue weighted by Gasteiger charge is 2.09. The van der Waals surface area contributed by atoms with Crippen LogP contribution in [0.5, 0.6) is 0 Å². The maximum Gasteiger partial charge on any atom is 0.190 e. The van der Waals surface area contributed by atoms with E-state index in [1.54, 1.807) is 0 Å². The average molecular weight is 248 g/mol. The van der Waals surface area contributed by atoms with Crippen LogP contribution in [0, 0.1) is 5.41 Å². The van der Waals surface area contributed by atoms with Crippen LogP contribution in [0.3, 0.4) is 0 Å². The fourth-order valence-electron chi connectivity index (χ4n) is 2.02. The van der Waals surface area contributed by atoms with Gasteiger partial charge in [-0.1, -0.05) is 12.1 Å². The lowest BCUT2D eigenvalue weighted by atomic mass is 10.1. The fourth-order valence-corrected chi connectivity index (χ4v) is 2.02. The van der Waals surface area contributed by atoms with E-state index in [2.05, 4.69) is 22.3 Å². The van der Waals surface area contributed by atoms with Crippen molar-refractivity contribution < 1.29 is 4.74 Å². The molecule has 1 saturated heterocycles. The number of guanidine groups is 1. The Morgan fingerprint density at radius 1 is 1.28 bits per heavy atom. The van der Waals surface area contributed by atoms with Crippen molar-refractivity contribution in [3.05, 3.63) is 29.8 Å². The van der Waals surface area contributed by atoms with Crippen LogP contribution in [0.1, 0.15) is 5.56 Å². The first-order valence-corrected chi connectivity index (χ1v) is 6.24. The second-order valence-corrected chi connectivity index (χ2v) is 4.44. The van der Waals surface area contributed by atoms with E-state index in [1.165, 1.54) is 5.56 Å². The van der Waals surface area contributed by atoms with Crippen molar-refractivity contribution in [3.63, 3.8) is 0 Å². The van der Waals surface area contributed by atoms with Crippen molar-refractivity contribution >= 4 is 11.6 Å². The molecule has 1 aliphatic rings. The van der Waals surface area contributed by atoms with Crippen LogP contribution in [0.2, 0.25) is 0 Å². The second-order valence-electron chi connectivity index (χ2n) is 4.44. The lowest BCUT2D eigenvalue weighted by molar-refractivity contribution is 0.0384. The molecule has 0 bridgehead atoms. The van der Waals surface area contributed by atoms with E-state index in [-0.39, 0.29) is 5.96 Å². The van der Waals surface area contributed by atoms with E-state index in [0.717, 1.165) is 45.0 Å². The first-order valence-electron chi connectivity index (χ1n) is 6.24. The van der Waals surface area contributed by atoms with Gasteiger partial charge in [0.15, 0.2) is 5.96 Å². The first-order chi connectivity index (χ1) is 8.74. The van der Waals surface area contributed by atoms with Crippen molar-refractivity contribution in [2.24, 2.45) is 5.73 Å². The van der Waals surface area contributed by atoms with Crippen LogP contribution in [-0.4, -0.2) is 43.7 Å². The van der Waals surface area contributed by atoms with Gasteiger partial charge in [-0.2, -0.15) is 0 Å². The number of hydrogen-bond donors (Lipinski definition) is 3. The van der Waals surface area contributed by atoms with Gasteiger partial charge in [0, 0.05) is 25.3 Å². The third-order valence-electron chi connectivity index (χ3n) is 3.05. The minimum absolute atomic E-state index is 0.0314. The van der Waals surface area contributed by atoms with E-state index >= 15 is 0 Å². The van der Waals surface area contributed by atoms with E-state index in [4.69, 9.17) is 15.9 Å². The summed E-state index contributed by atoms with van der Waals surface area (Å²) in [7, 11) is 0. The van der Waals surface area contributed by atoms with Crippen molar-refractivity contribution in [1.82, 2.24) is 4.90 Å². The second kappa shape index (κ2) is 6.37. The largest absolute Gasteiger partial charge is 0.379 e. The number of morpholine rings is 1. The fraction of sp³-hybridized carbons (Fsp3) is 0.462. The molecule has 1 aromatic carbocycles. The normalized spacial score (nSPS) is 16.4. The van der Waals surface area contributed by atoms with Crippen molar-refractivity contribution in [2.75, 3.05) is 38.2 Å². The molecule has 5 heteroatoms. The van der Waals surface area contributed by atoms with E-state index < -0.39 is 0 Å². The molecule has 1 heterocycles. The first kappa shape index (κ1) is 12.9. The summed E-state index contributed by atoms with van der Waals surface area (Å²) >= 11 is 0. The van der Waals surface area contributed by atoms with Crippen molar-refractivity contribution in [3.8, 4) is 0 Å². The third-order valence-corrected chi connectivity index (χ3v) is 3.05. The number of anilines is 1. The summed E-state index contributed by atoms with van der Waals surface area (Å²) < 4.78 is 5.32. The monoisotopic (exact) mass is 248 g/mol. The number of nitrogens with one attached hydrogen (secondary N) is 2. The van der Waals surface area contributed by atoms with Crippen molar-refractivity contribution in [1.29, 1.82) is 5.41 Å². The molecule has 4 N–H and O–H groups in total. The molecule has 2 rings (SSSR count). The van der Waals surface area contributed by atoms with E-state index in [1.807, 2.05) is 12.1 Å². The van der Waals surface area contributed by atoms with E-state index in [0.29, 0.717) is 0 Å². The molecule has 5 nitrogen and oxygen atoms in total. The van der Waals surface area contributed by atoms with E-state index in [9.17, 15) is 0 Å². The minimum Gasteiger partial charge on any atom is -0.379 e. The average Bonchev–Trinajstić information content (AvgIpc) is 2.38. The number of ether oxygens (including phenoxy) is 1. The Balaban J connectivity index is 1.80. The third kappa shape index (κ3) is 4.01. The predicted molar refractivity (Wildman–Crippen MR) is 72.9 cm³/mol. The SMILES string of the molecule is N=C(N)Nc1ccc(CCN2CCOCC2)cc1. The van der Waals surface area contributed by atoms with Gasteiger partial charge in [0.2, 0.25) is 0 Å². The smallest absolute Gasteiger partial charge is 0.190 e. The van der Waals surface area contributed by atoms with Crippen LogP contribution >= 0.6 is 0 Å². The summed E-state index contributed by atoms with van der Waals surface area (Å²) in [6.07, 6.45) is 1.04.